The Morgan fingerprint density at radius 2 is 2.10 bits per heavy atom. The molecule has 0 spiro atoms. The lowest BCUT2D eigenvalue weighted by atomic mass is 9.92. The first-order valence-corrected chi connectivity index (χ1v) is 6.97. The molecule has 0 amide bonds. The van der Waals surface area contributed by atoms with Crippen LogP contribution in [0.15, 0.2) is 36.4 Å². The second-order valence-electron chi connectivity index (χ2n) is 5.30. The number of hydrogen-bond donors (Lipinski definition) is 0. The van der Waals surface area contributed by atoms with Crippen LogP contribution in [-0.2, 0) is 12.8 Å². The lowest BCUT2D eigenvalue weighted by molar-refractivity contribution is 0.210. The molecule has 3 heteroatoms. The number of fused-ring (bicyclic) bond motifs is 1. The van der Waals surface area contributed by atoms with E-state index in [0.717, 1.165) is 42.3 Å². The van der Waals surface area contributed by atoms with Gasteiger partial charge in [-0.15, -0.1) is 0 Å². The molecule has 0 saturated heterocycles. The zero-order valence-electron chi connectivity index (χ0n) is 11.9. The maximum absolute atomic E-state index is 5.91. The number of para-hydroxylation sites is 1. The number of aryl methyl sites for hydroxylation is 1. The van der Waals surface area contributed by atoms with Crippen LogP contribution in [0.3, 0.4) is 0 Å². The van der Waals surface area contributed by atoms with Crippen molar-refractivity contribution in [1.82, 2.24) is 4.98 Å². The third kappa shape index (κ3) is 2.62. The number of rotatable bonds is 3. The van der Waals surface area contributed by atoms with Crippen molar-refractivity contribution in [2.45, 2.75) is 19.8 Å². The molecule has 1 aromatic heterocycles. The van der Waals surface area contributed by atoms with Crippen molar-refractivity contribution < 1.29 is 9.47 Å². The Morgan fingerprint density at radius 3 is 2.90 bits per heavy atom. The molecule has 0 radical (unpaired) electrons. The highest BCUT2D eigenvalue weighted by atomic mass is 16.5. The first kappa shape index (κ1) is 13.0. The molecule has 1 aromatic carbocycles. The van der Waals surface area contributed by atoms with Crippen LogP contribution in [0.25, 0.3) is 0 Å². The third-order valence-electron chi connectivity index (χ3n) is 3.70. The molecule has 20 heavy (non-hydrogen) atoms. The van der Waals surface area contributed by atoms with Gasteiger partial charge in [-0.2, -0.15) is 0 Å². The molecule has 2 heterocycles. The van der Waals surface area contributed by atoms with Crippen molar-refractivity contribution >= 4 is 0 Å². The summed E-state index contributed by atoms with van der Waals surface area (Å²) in [6, 6.07) is 12.3. The summed E-state index contributed by atoms with van der Waals surface area (Å²) in [4.78, 5) is 4.58. The van der Waals surface area contributed by atoms with E-state index in [1.165, 1.54) is 5.56 Å². The van der Waals surface area contributed by atoms with Crippen molar-refractivity contribution in [1.29, 1.82) is 0 Å². The van der Waals surface area contributed by atoms with Crippen LogP contribution in [0.1, 0.15) is 17.0 Å². The van der Waals surface area contributed by atoms with Crippen LogP contribution < -0.4 is 9.47 Å². The Morgan fingerprint density at radius 1 is 1.25 bits per heavy atom. The lowest BCUT2D eigenvalue weighted by Gasteiger charge is -2.26. The molecule has 3 rings (SSSR count). The SMILES string of the molecule is COc1cccc2c1OC[C@H](Cc1cccc(C)n1)C2. The van der Waals surface area contributed by atoms with E-state index < -0.39 is 0 Å². The number of nitrogens with zero attached hydrogens (tertiary/aromatic N) is 1. The van der Waals surface area contributed by atoms with E-state index in [9.17, 15) is 0 Å². The molecule has 104 valence electrons. The van der Waals surface area contributed by atoms with Crippen molar-refractivity contribution in [3.63, 3.8) is 0 Å². The quantitative estimate of drug-likeness (QED) is 0.857. The Labute approximate surface area is 119 Å². The number of pyridine rings is 1. The van der Waals surface area contributed by atoms with Crippen LogP contribution in [0.5, 0.6) is 11.5 Å². The summed E-state index contributed by atoms with van der Waals surface area (Å²) in [7, 11) is 1.68. The molecule has 0 fully saturated rings. The van der Waals surface area contributed by atoms with Gasteiger partial charge >= 0.3 is 0 Å². The van der Waals surface area contributed by atoms with E-state index in [-0.39, 0.29) is 0 Å². The molecule has 0 bridgehead atoms. The molecule has 0 unspecified atom stereocenters. The smallest absolute Gasteiger partial charge is 0.164 e. The predicted molar refractivity (Wildman–Crippen MR) is 78.4 cm³/mol. The van der Waals surface area contributed by atoms with Gasteiger partial charge in [0.25, 0.3) is 0 Å². The summed E-state index contributed by atoms with van der Waals surface area (Å²) in [5.41, 5.74) is 3.44. The van der Waals surface area contributed by atoms with Gasteiger partial charge in [0.2, 0.25) is 0 Å². The van der Waals surface area contributed by atoms with E-state index in [1.807, 2.05) is 25.1 Å². The molecular weight excluding hydrogens is 250 g/mol. The molecule has 1 aliphatic rings. The van der Waals surface area contributed by atoms with Crippen LogP contribution in [-0.4, -0.2) is 18.7 Å². The van der Waals surface area contributed by atoms with E-state index in [4.69, 9.17) is 9.47 Å². The topological polar surface area (TPSA) is 31.4 Å². The van der Waals surface area contributed by atoms with Gasteiger partial charge in [-0.05, 0) is 43.5 Å². The fraction of sp³-hybridized carbons (Fsp3) is 0.353. The molecule has 0 aliphatic carbocycles. The maximum Gasteiger partial charge on any atom is 0.164 e. The first-order chi connectivity index (χ1) is 9.76. The third-order valence-corrected chi connectivity index (χ3v) is 3.70. The Hall–Kier alpha value is -2.03. The Kier molecular flexibility index (Phi) is 3.59. The number of ether oxygens (including phenoxy) is 2. The van der Waals surface area contributed by atoms with Gasteiger partial charge in [0.05, 0.1) is 13.7 Å². The van der Waals surface area contributed by atoms with E-state index in [1.54, 1.807) is 7.11 Å². The second kappa shape index (κ2) is 5.53. The van der Waals surface area contributed by atoms with Gasteiger partial charge in [0.1, 0.15) is 0 Å². The largest absolute Gasteiger partial charge is 0.493 e. The van der Waals surface area contributed by atoms with Gasteiger partial charge in [0, 0.05) is 17.3 Å². The van der Waals surface area contributed by atoms with Crippen molar-refractivity contribution in [3.8, 4) is 11.5 Å². The fourth-order valence-electron chi connectivity index (χ4n) is 2.76. The summed E-state index contributed by atoms with van der Waals surface area (Å²) in [6.07, 6.45) is 1.97. The summed E-state index contributed by atoms with van der Waals surface area (Å²) in [6.45, 7) is 2.75. The minimum Gasteiger partial charge on any atom is -0.493 e. The summed E-state index contributed by atoms with van der Waals surface area (Å²) >= 11 is 0. The minimum absolute atomic E-state index is 0.476. The molecule has 0 saturated carbocycles. The van der Waals surface area contributed by atoms with E-state index in [0.29, 0.717) is 5.92 Å². The average Bonchev–Trinajstić information content (AvgIpc) is 2.46. The van der Waals surface area contributed by atoms with Crippen molar-refractivity contribution in [2.24, 2.45) is 5.92 Å². The highest BCUT2D eigenvalue weighted by Crippen LogP contribution is 2.36. The molecule has 0 N–H and O–H groups in total. The van der Waals surface area contributed by atoms with Gasteiger partial charge in [0.15, 0.2) is 11.5 Å². The number of methoxy groups -OCH3 is 1. The average molecular weight is 269 g/mol. The highest BCUT2D eigenvalue weighted by Gasteiger charge is 2.23. The van der Waals surface area contributed by atoms with Crippen LogP contribution >= 0.6 is 0 Å². The summed E-state index contributed by atoms with van der Waals surface area (Å²) < 4.78 is 11.3. The summed E-state index contributed by atoms with van der Waals surface area (Å²) in [5, 5.41) is 0. The van der Waals surface area contributed by atoms with Gasteiger partial charge in [-0.25, -0.2) is 0 Å². The highest BCUT2D eigenvalue weighted by molar-refractivity contribution is 5.47. The van der Waals surface area contributed by atoms with Crippen molar-refractivity contribution in [3.05, 3.63) is 53.3 Å². The maximum atomic E-state index is 5.91. The van der Waals surface area contributed by atoms with E-state index >= 15 is 0 Å². The number of aromatic nitrogens is 1. The molecule has 1 atom stereocenters. The lowest BCUT2D eigenvalue weighted by Crippen LogP contribution is -2.23. The normalized spacial score (nSPS) is 17.2. The Balaban J connectivity index is 1.76. The van der Waals surface area contributed by atoms with E-state index in [2.05, 4.69) is 23.2 Å². The van der Waals surface area contributed by atoms with Crippen LogP contribution in [0.2, 0.25) is 0 Å². The molecule has 1 aliphatic heterocycles. The standard InChI is InChI=1S/C17H19NO2/c1-12-5-3-7-15(18-12)10-13-9-14-6-4-8-16(19-2)17(14)20-11-13/h3-8,13H,9-11H2,1-2H3/t13-/m0/s1. The first-order valence-electron chi connectivity index (χ1n) is 6.97. The Bertz CT molecular complexity index is 610. The zero-order valence-corrected chi connectivity index (χ0v) is 11.9. The zero-order chi connectivity index (χ0) is 13.9. The van der Waals surface area contributed by atoms with Gasteiger partial charge < -0.3 is 9.47 Å². The monoisotopic (exact) mass is 269 g/mol. The fourth-order valence-corrected chi connectivity index (χ4v) is 2.76. The van der Waals surface area contributed by atoms with Crippen LogP contribution in [0, 0.1) is 12.8 Å². The number of hydrogen-bond acceptors (Lipinski definition) is 3. The predicted octanol–water partition coefficient (Wildman–Crippen LogP) is 3.19. The molecular formula is C17H19NO2. The van der Waals surface area contributed by atoms with Crippen LogP contribution in [0.4, 0.5) is 0 Å². The molecule has 2 aromatic rings. The van der Waals surface area contributed by atoms with Gasteiger partial charge in [-0.3, -0.25) is 4.98 Å². The summed E-state index contributed by atoms with van der Waals surface area (Å²) in [5.74, 6) is 2.21. The number of benzene rings is 1. The van der Waals surface area contributed by atoms with Gasteiger partial charge in [-0.1, -0.05) is 18.2 Å². The second-order valence-corrected chi connectivity index (χ2v) is 5.30. The minimum atomic E-state index is 0.476. The molecule has 3 nitrogen and oxygen atoms in total. The van der Waals surface area contributed by atoms with Crippen molar-refractivity contribution in [2.75, 3.05) is 13.7 Å².